The highest BCUT2D eigenvalue weighted by molar-refractivity contribution is 14.1. The number of carbonyl (C=O) groups excluding carboxylic acids is 1. The number of halogens is 1. The largest absolute Gasteiger partial charge is 0.468 e. The number of ether oxygens (including phenoxy) is 1. The molecule has 1 N–H and O–H groups in total. The second-order valence-corrected chi connectivity index (χ2v) is 6.00. The molecular formula is C14H20INO2. The van der Waals surface area contributed by atoms with Crippen molar-refractivity contribution >= 4 is 28.6 Å². The lowest BCUT2D eigenvalue weighted by molar-refractivity contribution is -0.139. The molecule has 1 rings (SSSR count). The standard InChI is InChI=1S/C14H20INO2/c1-9-5-10(2)12(11(3)6-9)7-16-8-13(15)14(17)18-4/h5-6,13,16H,7-8H2,1-4H3. The van der Waals surface area contributed by atoms with E-state index >= 15 is 0 Å². The summed E-state index contributed by atoms with van der Waals surface area (Å²) in [5, 5.41) is 3.31. The normalized spacial score (nSPS) is 12.3. The first-order valence-electron chi connectivity index (χ1n) is 5.95. The van der Waals surface area contributed by atoms with Gasteiger partial charge in [0, 0.05) is 13.1 Å². The summed E-state index contributed by atoms with van der Waals surface area (Å²) in [6, 6.07) is 4.37. The fourth-order valence-electron chi connectivity index (χ4n) is 2.02. The number of aryl methyl sites for hydroxylation is 3. The second-order valence-electron chi connectivity index (χ2n) is 4.50. The van der Waals surface area contributed by atoms with E-state index in [0.717, 1.165) is 6.54 Å². The van der Waals surface area contributed by atoms with E-state index in [1.165, 1.54) is 29.4 Å². The van der Waals surface area contributed by atoms with E-state index in [1.54, 1.807) is 0 Å². The van der Waals surface area contributed by atoms with E-state index in [-0.39, 0.29) is 9.89 Å². The molecule has 1 atom stereocenters. The minimum atomic E-state index is -0.180. The maximum Gasteiger partial charge on any atom is 0.319 e. The zero-order chi connectivity index (χ0) is 13.7. The molecular weight excluding hydrogens is 341 g/mol. The molecule has 1 unspecified atom stereocenters. The fraction of sp³-hybridized carbons (Fsp3) is 0.500. The van der Waals surface area contributed by atoms with Gasteiger partial charge in [0.25, 0.3) is 0 Å². The average molecular weight is 361 g/mol. The number of hydrogen-bond acceptors (Lipinski definition) is 3. The fourth-order valence-corrected chi connectivity index (χ4v) is 2.59. The van der Waals surface area contributed by atoms with E-state index in [9.17, 15) is 4.79 Å². The molecule has 0 aliphatic heterocycles. The molecule has 4 heteroatoms. The lowest BCUT2D eigenvalue weighted by Crippen LogP contribution is -2.29. The number of hydrogen-bond donors (Lipinski definition) is 1. The predicted molar refractivity (Wildman–Crippen MR) is 82.2 cm³/mol. The molecule has 0 saturated heterocycles. The van der Waals surface area contributed by atoms with Gasteiger partial charge in [0.2, 0.25) is 0 Å². The molecule has 0 aromatic heterocycles. The molecule has 3 nitrogen and oxygen atoms in total. The van der Waals surface area contributed by atoms with Crippen LogP contribution in [-0.4, -0.2) is 23.5 Å². The first-order chi connectivity index (χ1) is 8.45. The highest BCUT2D eigenvalue weighted by atomic mass is 127. The molecule has 1 aromatic rings. The Morgan fingerprint density at radius 3 is 2.39 bits per heavy atom. The summed E-state index contributed by atoms with van der Waals surface area (Å²) in [4.78, 5) is 11.3. The van der Waals surface area contributed by atoms with Crippen molar-refractivity contribution in [1.29, 1.82) is 0 Å². The van der Waals surface area contributed by atoms with E-state index in [4.69, 9.17) is 4.74 Å². The predicted octanol–water partition coefficient (Wildman–Crippen LogP) is 2.68. The molecule has 0 spiro atoms. The van der Waals surface area contributed by atoms with Crippen molar-refractivity contribution in [2.75, 3.05) is 13.7 Å². The highest BCUT2D eigenvalue weighted by Gasteiger charge is 2.14. The van der Waals surface area contributed by atoms with Crippen LogP contribution in [0.25, 0.3) is 0 Å². The van der Waals surface area contributed by atoms with E-state index < -0.39 is 0 Å². The Morgan fingerprint density at radius 1 is 1.33 bits per heavy atom. The van der Waals surface area contributed by atoms with Gasteiger partial charge in [-0.15, -0.1) is 0 Å². The van der Waals surface area contributed by atoms with Gasteiger partial charge in [-0.05, 0) is 37.5 Å². The van der Waals surface area contributed by atoms with Crippen LogP contribution >= 0.6 is 22.6 Å². The number of rotatable bonds is 5. The minimum absolute atomic E-state index is 0.140. The Bertz CT molecular complexity index is 409. The Morgan fingerprint density at radius 2 is 1.89 bits per heavy atom. The summed E-state index contributed by atoms with van der Waals surface area (Å²) < 4.78 is 4.55. The second kappa shape index (κ2) is 7.09. The number of nitrogens with one attached hydrogen (secondary N) is 1. The van der Waals surface area contributed by atoms with Crippen LogP contribution in [0.4, 0.5) is 0 Å². The molecule has 0 aliphatic carbocycles. The lowest BCUT2D eigenvalue weighted by atomic mass is 10.00. The van der Waals surface area contributed by atoms with Crippen molar-refractivity contribution in [3.05, 3.63) is 34.4 Å². The van der Waals surface area contributed by atoms with Gasteiger partial charge in [0.1, 0.15) is 3.92 Å². The number of carbonyl (C=O) groups is 1. The number of esters is 1. The van der Waals surface area contributed by atoms with Crippen LogP contribution in [0.15, 0.2) is 12.1 Å². The SMILES string of the molecule is COC(=O)C(I)CNCc1c(C)cc(C)cc1C. The molecule has 0 radical (unpaired) electrons. The van der Waals surface area contributed by atoms with Gasteiger partial charge in [-0.1, -0.05) is 40.3 Å². The van der Waals surface area contributed by atoms with Crippen molar-refractivity contribution in [2.24, 2.45) is 0 Å². The molecule has 0 fully saturated rings. The van der Waals surface area contributed by atoms with Crippen molar-refractivity contribution < 1.29 is 9.53 Å². The molecule has 0 saturated carbocycles. The maximum atomic E-state index is 11.3. The molecule has 18 heavy (non-hydrogen) atoms. The van der Waals surface area contributed by atoms with Crippen LogP contribution < -0.4 is 5.32 Å². The summed E-state index contributed by atoms with van der Waals surface area (Å²) in [5.41, 5.74) is 5.19. The summed E-state index contributed by atoms with van der Waals surface area (Å²) in [6.07, 6.45) is 0. The summed E-state index contributed by atoms with van der Waals surface area (Å²) in [6.45, 7) is 7.77. The van der Waals surface area contributed by atoms with Crippen LogP contribution in [0.1, 0.15) is 22.3 Å². The first-order valence-corrected chi connectivity index (χ1v) is 7.19. The molecule has 0 amide bonds. The molecule has 0 bridgehead atoms. The van der Waals surface area contributed by atoms with Crippen molar-refractivity contribution in [3.63, 3.8) is 0 Å². The van der Waals surface area contributed by atoms with Crippen LogP contribution in [0.5, 0.6) is 0 Å². The summed E-state index contributed by atoms with van der Waals surface area (Å²) >= 11 is 2.10. The van der Waals surface area contributed by atoms with E-state index in [2.05, 4.69) is 60.8 Å². The topological polar surface area (TPSA) is 38.3 Å². The Balaban J connectivity index is 2.57. The van der Waals surface area contributed by atoms with Gasteiger partial charge in [0.05, 0.1) is 7.11 Å². The van der Waals surface area contributed by atoms with Crippen molar-refractivity contribution in [3.8, 4) is 0 Å². The number of methoxy groups -OCH3 is 1. The highest BCUT2D eigenvalue weighted by Crippen LogP contribution is 2.16. The van der Waals surface area contributed by atoms with Gasteiger partial charge in [-0.25, -0.2) is 0 Å². The monoisotopic (exact) mass is 361 g/mol. The zero-order valence-electron chi connectivity index (χ0n) is 11.3. The van der Waals surface area contributed by atoms with Gasteiger partial charge < -0.3 is 10.1 Å². The van der Waals surface area contributed by atoms with Crippen LogP contribution in [0.2, 0.25) is 0 Å². The molecule has 100 valence electrons. The van der Waals surface area contributed by atoms with Crippen molar-refractivity contribution in [1.82, 2.24) is 5.32 Å². The quantitative estimate of drug-likeness (QED) is 0.498. The zero-order valence-corrected chi connectivity index (χ0v) is 13.5. The number of benzene rings is 1. The Labute approximate surface area is 122 Å². The Kier molecular flexibility index (Phi) is 6.08. The van der Waals surface area contributed by atoms with Crippen LogP contribution in [0.3, 0.4) is 0 Å². The van der Waals surface area contributed by atoms with E-state index in [1.807, 2.05) is 0 Å². The van der Waals surface area contributed by atoms with E-state index in [0.29, 0.717) is 6.54 Å². The third-order valence-electron chi connectivity index (χ3n) is 2.92. The first kappa shape index (κ1) is 15.4. The van der Waals surface area contributed by atoms with Gasteiger partial charge in [-0.3, -0.25) is 4.79 Å². The Hall–Kier alpha value is -0.620. The van der Waals surface area contributed by atoms with Gasteiger partial charge >= 0.3 is 5.97 Å². The summed E-state index contributed by atoms with van der Waals surface area (Å²) in [5.74, 6) is -0.180. The molecule has 0 aliphatic rings. The lowest BCUT2D eigenvalue weighted by Gasteiger charge is -2.13. The third-order valence-corrected chi connectivity index (χ3v) is 3.87. The van der Waals surface area contributed by atoms with Crippen LogP contribution in [0, 0.1) is 20.8 Å². The minimum Gasteiger partial charge on any atom is -0.468 e. The van der Waals surface area contributed by atoms with Gasteiger partial charge in [-0.2, -0.15) is 0 Å². The maximum absolute atomic E-state index is 11.3. The van der Waals surface area contributed by atoms with Crippen molar-refractivity contribution in [2.45, 2.75) is 31.2 Å². The van der Waals surface area contributed by atoms with Gasteiger partial charge in [0.15, 0.2) is 0 Å². The molecule has 0 heterocycles. The molecule has 1 aromatic carbocycles. The number of alkyl halides is 1. The average Bonchev–Trinajstić information content (AvgIpc) is 2.31. The van der Waals surface area contributed by atoms with Crippen LogP contribution in [-0.2, 0) is 16.1 Å². The summed E-state index contributed by atoms with van der Waals surface area (Å²) in [7, 11) is 1.42. The smallest absolute Gasteiger partial charge is 0.319 e. The third kappa shape index (κ3) is 4.24.